The quantitative estimate of drug-likeness (QED) is 0.279. The van der Waals surface area contributed by atoms with Crippen LogP contribution < -0.4 is 10.0 Å². The van der Waals surface area contributed by atoms with Crippen LogP contribution in [-0.2, 0) is 19.9 Å². The van der Waals surface area contributed by atoms with Crippen LogP contribution in [0.15, 0.2) is 75.1 Å². The Morgan fingerprint density at radius 3 is 2.40 bits per heavy atom. The van der Waals surface area contributed by atoms with E-state index in [-0.39, 0.29) is 16.3 Å². The van der Waals surface area contributed by atoms with Gasteiger partial charge in [-0.2, -0.15) is 9.61 Å². The molecule has 4 aromatic rings. The third-order valence-electron chi connectivity index (χ3n) is 5.07. The standard InChI is InChI=1S/C22H21BrClN5O4S2/c1-34(30,31)19-9-4-5-10-20(19)35(32,33)27-12-6-11-25-21-13-18(15-7-2-3-8-17(15)24)28-22-16(23)14-26-29(21)22/h2-5,7-10,13-14,25,27H,6,11-12H2,1H3. The van der Waals surface area contributed by atoms with Crippen LogP contribution in [0.1, 0.15) is 6.42 Å². The predicted molar refractivity (Wildman–Crippen MR) is 139 cm³/mol. The molecule has 0 atom stereocenters. The number of nitrogens with zero attached hydrogens (tertiary/aromatic N) is 3. The summed E-state index contributed by atoms with van der Waals surface area (Å²) in [5, 5.41) is 8.15. The van der Waals surface area contributed by atoms with Crippen molar-refractivity contribution in [3.63, 3.8) is 0 Å². The lowest BCUT2D eigenvalue weighted by Crippen LogP contribution is -2.27. The van der Waals surface area contributed by atoms with Gasteiger partial charge in [-0.25, -0.2) is 26.5 Å². The van der Waals surface area contributed by atoms with Gasteiger partial charge >= 0.3 is 0 Å². The molecule has 9 nitrogen and oxygen atoms in total. The highest BCUT2D eigenvalue weighted by Gasteiger charge is 2.23. The van der Waals surface area contributed by atoms with Gasteiger partial charge in [0.25, 0.3) is 0 Å². The molecule has 35 heavy (non-hydrogen) atoms. The molecule has 0 spiro atoms. The molecule has 2 heterocycles. The van der Waals surface area contributed by atoms with E-state index in [1.807, 2.05) is 24.3 Å². The van der Waals surface area contributed by atoms with Crippen LogP contribution in [0.2, 0.25) is 5.02 Å². The summed E-state index contributed by atoms with van der Waals surface area (Å²) in [7, 11) is -7.70. The van der Waals surface area contributed by atoms with Crippen molar-refractivity contribution in [2.75, 3.05) is 24.7 Å². The number of rotatable bonds is 9. The minimum absolute atomic E-state index is 0.0990. The van der Waals surface area contributed by atoms with Gasteiger partial charge < -0.3 is 5.32 Å². The number of anilines is 1. The molecule has 0 bridgehead atoms. The van der Waals surface area contributed by atoms with E-state index in [0.717, 1.165) is 11.8 Å². The largest absolute Gasteiger partial charge is 0.370 e. The summed E-state index contributed by atoms with van der Waals surface area (Å²) >= 11 is 9.81. The Hall–Kier alpha value is -2.51. The molecule has 2 aromatic heterocycles. The molecule has 0 aliphatic rings. The van der Waals surface area contributed by atoms with Crippen molar-refractivity contribution in [1.29, 1.82) is 0 Å². The average Bonchev–Trinajstić information content (AvgIpc) is 3.19. The zero-order valence-corrected chi connectivity index (χ0v) is 22.4. The fourth-order valence-corrected chi connectivity index (χ4v) is 6.72. The fourth-order valence-electron chi connectivity index (χ4n) is 3.44. The Bertz CT molecular complexity index is 1610. The molecule has 0 fully saturated rings. The van der Waals surface area contributed by atoms with Gasteiger partial charge in [0.1, 0.15) is 10.7 Å². The van der Waals surface area contributed by atoms with Crippen LogP contribution in [0, 0.1) is 0 Å². The maximum absolute atomic E-state index is 12.7. The molecule has 0 amide bonds. The molecule has 0 saturated heterocycles. The third kappa shape index (κ3) is 5.67. The molecule has 0 aliphatic heterocycles. The Morgan fingerprint density at radius 1 is 1.00 bits per heavy atom. The molecule has 0 aliphatic carbocycles. The Balaban J connectivity index is 1.47. The summed E-state index contributed by atoms with van der Waals surface area (Å²) < 4.78 is 54.2. The topological polar surface area (TPSA) is 123 Å². The van der Waals surface area contributed by atoms with Crippen LogP contribution in [0.4, 0.5) is 5.82 Å². The minimum Gasteiger partial charge on any atom is -0.370 e. The smallest absolute Gasteiger partial charge is 0.241 e. The summed E-state index contributed by atoms with van der Waals surface area (Å²) in [5.41, 5.74) is 2.03. The molecule has 0 unspecified atom stereocenters. The van der Waals surface area contributed by atoms with Gasteiger partial charge in [0.15, 0.2) is 15.5 Å². The Morgan fingerprint density at radius 2 is 1.69 bits per heavy atom. The van der Waals surface area contributed by atoms with Gasteiger partial charge in [0.05, 0.1) is 21.3 Å². The van der Waals surface area contributed by atoms with Crippen LogP contribution in [0.25, 0.3) is 16.9 Å². The number of sulfone groups is 1. The normalized spacial score (nSPS) is 12.2. The molecule has 2 aromatic carbocycles. The average molecular weight is 599 g/mol. The zero-order valence-electron chi connectivity index (χ0n) is 18.4. The number of hydrogen-bond donors (Lipinski definition) is 2. The summed E-state index contributed by atoms with van der Waals surface area (Å²) in [5.74, 6) is 0.654. The maximum atomic E-state index is 12.7. The monoisotopic (exact) mass is 597 g/mol. The van der Waals surface area contributed by atoms with E-state index in [1.165, 1.54) is 24.3 Å². The van der Waals surface area contributed by atoms with E-state index >= 15 is 0 Å². The summed E-state index contributed by atoms with van der Waals surface area (Å²) in [6.45, 7) is 0.511. The first-order valence-corrected chi connectivity index (χ1v) is 14.9. The van der Waals surface area contributed by atoms with E-state index in [9.17, 15) is 16.8 Å². The molecule has 4 rings (SSSR count). The number of fused-ring (bicyclic) bond motifs is 1. The second-order valence-corrected chi connectivity index (χ2v) is 12.6. The van der Waals surface area contributed by atoms with E-state index in [4.69, 9.17) is 11.6 Å². The molecular formula is C22H21BrClN5O4S2. The predicted octanol–water partition coefficient (Wildman–Crippen LogP) is 4.00. The van der Waals surface area contributed by atoms with Crippen molar-refractivity contribution in [1.82, 2.24) is 19.3 Å². The van der Waals surface area contributed by atoms with E-state index in [2.05, 4.69) is 36.1 Å². The zero-order chi connectivity index (χ0) is 25.2. The van der Waals surface area contributed by atoms with Crippen molar-refractivity contribution in [2.45, 2.75) is 16.2 Å². The van der Waals surface area contributed by atoms with Gasteiger partial charge in [-0.1, -0.05) is 41.9 Å². The van der Waals surface area contributed by atoms with Gasteiger partial charge in [0, 0.05) is 36.0 Å². The van der Waals surface area contributed by atoms with Gasteiger partial charge in [-0.05, 0) is 40.5 Å². The number of hydrogen-bond acceptors (Lipinski definition) is 7. The maximum Gasteiger partial charge on any atom is 0.241 e. The lowest BCUT2D eigenvalue weighted by Gasteiger charge is -2.13. The van der Waals surface area contributed by atoms with Gasteiger partial charge in [-0.3, -0.25) is 0 Å². The van der Waals surface area contributed by atoms with Crippen molar-refractivity contribution in [2.24, 2.45) is 0 Å². The highest BCUT2D eigenvalue weighted by atomic mass is 79.9. The van der Waals surface area contributed by atoms with Gasteiger partial charge in [-0.15, -0.1) is 0 Å². The second kappa shape index (κ2) is 10.2. The summed E-state index contributed by atoms with van der Waals surface area (Å²) in [6.07, 6.45) is 3.04. The number of sulfonamides is 1. The second-order valence-electron chi connectivity index (χ2n) is 7.63. The van der Waals surface area contributed by atoms with Crippen LogP contribution in [0.3, 0.4) is 0 Å². The molecule has 0 radical (unpaired) electrons. The Kier molecular flexibility index (Phi) is 7.48. The SMILES string of the molecule is CS(=O)(=O)c1ccccc1S(=O)(=O)NCCCNc1cc(-c2ccccc2Cl)nc2c(Br)cnn12. The number of halogens is 2. The van der Waals surface area contributed by atoms with E-state index in [1.54, 1.807) is 16.8 Å². The van der Waals surface area contributed by atoms with Crippen molar-refractivity contribution in [3.8, 4) is 11.3 Å². The lowest BCUT2D eigenvalue weighted by molar-refractivity contribution is 0.573. The van der Waals surface area contributed by atoms with Crippen molar-refractivity contribution < 1.29 is 16.8 Å². The third-order valence-corrected chi connectivity index (χ3v) is 8.76. The molecular weight excluding hydrogens is 578 g/mol. The minimum atomic E-state index is -4.00. The molecule has 184 valence electrons. The molecule has 2 N–H and O–H groups in total. The number of aromatic nitrogens is 3. The van der Waals surface area contributed by atoms with Gasteiger partial charge in [0.2, 0.25) is 10.0 Å². The van der Waals surface area contributed by atoms with E-state index in [0.29, 0.717) is 39.6 Å². The first-order chi connectivity index (χ1) is 16.6. The van der Waals surface area contributed by atoms with Crippen molar-refractivity contribution in [3.05, 3.63) is 70.3 Å². The highest BCUT2D eigenvalue weighted by molar-refractivity contribution is 9.10. The summed E-state index contributed by atoms with van der Waals surface area (Å²) in [4.78, 5) is 4.15. The number of nitrogens with one attached hydrogen (secondary N) is 2. The van der Waals surface area contributed by atoms with Crippen LogP contribution in [-0.4, -0.2) is 50.8 Å². The van der Waals surface area contributed by atoms with E-state index < -0.39 is 19.9 Å². The van der Waals surface area contributed by atoms with Crippen LogP contribution in [0.5, 0.6) is 0 Å². The Labute approximate surface area is 216 Å². The molecule has 13 heteroatoms. The first kappa shape index (κ1) is 25.6. The molecule has 0 saturated carbocycles. The number of benzene rings is 2. The highest BCUT2D eigenvalue weighted by Crippen LogP contribution is 2.30. The first-order valence-electron chi connectivity index (χ1n) is 10.4. The lowest BCUT2D eigenvalue weighted by atomic mass is 10.1. The fraction of sp³-hybridized carbons (Fsp3) is 0.182. The summed E-state index contributed by atoms with van der Waals surface area (Å²) in [6, 6.07) is 14.7. The van der Waals surface area contributed by atoms with Crippen molar-refractivity contribution >= 4 is 58.9 Å². The van der Waals surface area contributed by atoms with Crippen LogP contribution >= 0.6 is 27.5 Å².